The van der Waals surface area contributed by atoms with Gasteiger partial charge in [-0.1, -0.05) is 53.7 Å². The highest BCUT2D eigenvalue weighted by molar-refractivity contribution is 6.27. The smallest absolute Gasteiger partial charge is 0.317 e. The molecule has 1 aliphatic heterocycles. The van der Waals surface area contributed by atoms with Gasteiger partial charge in [0, 0.05) is 11.3 Å². The van der Waals surface area contributed by atoms with Crippen LogP contribution >= 0.6 is 0 Å². The third-order valence-corrected chi connectivity index (χ3v) is 3.29. The summed E-state index contributed by atoms with van der Waals surface area (Å²) >= 11 is 0. The van der Waals surface area contributed by atoms with Crippen molar-refractivity contribution in [1.29, 1.82) is 0 Å². The molecule has 0 saturated carbocycles. The molecular weight excluding hydrogens is 264 g/mol. The SMILES string of the molecule is CC(=Nc1ccccc1)C1C(=O)ON=C1c1ccccc1. The minimum atomic E-state index is -0.549. The molecule has 0 spiro atoms. The molecule has 1 aliphatic rings. The van der Waals surface area contributed by atoms with E-state index in [1.807, 2.05) is 67.6 Å². The summed E-state index contributed by atoms with van der Waals surface area (Å²) in [7, 11) is 0. The lowest BCUT2D eigenvalue weighted by molar-refractivity contribution is -0.141. The Bertz CT molecular complexity index is 706. The summed E-state index contributed by atoms with van der Waals surface area (Å²) < 4.78 is 0. The van der Waals surface area contributed by atoms with Crippen LogP contribution in [0.5, 0.6) is 0 Å². The predicted molar refractivity (Wildman–Crippen MR) is 81.8 cm³/mol. The molecule has 21 heavy (non-hydrogen) atoms. The zero-order chi connectivity index (χ0) is 14.7. The normalized spacial score (nSPS) is 18.3. The Balaban J connectivity index is 1.94. The summed E-state index contributed by atoms with van der Waals surface area (Å²) in [5.74, 6) is -0.932. The first kappa shape index (κ1) is 13.2. The minimum absolute atomic E-state index is 0.383. The number of oxime groups is 1. The van der Waals surface area contributed by atoms with Gasteiger partial charge in [0.2, 0.25) is 0 Å². The summed E-state index contributed by atoms with van der Waals surface area (Å²) in [6, 6.07) is 19.1. The lowest BCUT2D eigenvalue weighted by atomic mass is 9.93. The Hall–Kier alpha value is -2.75. The topological polar surface area (TPSA) is 51.0 Å². The fourth-order valence-corrected chi connectivity index (χ4v) is 2.28. The first-order chi connectivity index (χ1) is 10.3. The van der Waals surface area contributed by atoms with E-state index in [2.05, 4.69) is 10.1 Å². The number of hydrogen-bond acceptors (Lipinski definition) is 4. The van der Waals surface area contributed by atoms with Crippen LogP contribution in [0.2, 0.25) is 0 Å². The number of hydrogen-bond donors (Lipinski definition) is 0. The summed E-state index contributed by atoms with van der Waals surface area (Å²) in [6.07, 6.45) is 0. The summed E-state index contributed by atoms with van der Waals surface area (Å²) in [4.78, 5) is 21.3. The van der Waals surface area contributed by atoms with Gasteiger partial charge in [-0.15, -0.1) is 0 Å². The lowest BCUT2D eigenvalue weighted by Crippen LogP contribution is -2.26. The molecule has 0 N–H and O–H groups in total. The highest BCUT2D eigenvalue weighted by Crippen LogP contribution is 2.22. The number of benzene rings is 2. The largest absolute Gasteiger partial charge is 0.349 e. The van der Waals surface area contributed by atoms with Crippen LogP contribution in [0.3, 0.4) is 0 Å². The quantitative estimate of drug-likeness (QED) is 0.638. The molecule has 104 valence electrons. The fourth-order valence-electron chi connectivity index (χ4n) is 2.28. The molecule has 4 nitrogen and oxygen atoms in total. The van der Waals surface area contributed by atoms with Crippen molar-refractivity contribution >= 4 is 23.1 Å². The van der Waals surface area contributed by atoms with Crippen molar-refractivity contribution in [3.8, 4) is 0 Å². The number of carbonyl (C=O) groups excluding carboxylic acids is 1. The maximum Gasteiger partial charge on any atom is 0.349 e. The van der Waals surface area contributed by atoms with Crippen LogP contribution in [0, 0.1) is 5.92 Å². The average Bonchev–Trinajstić information content (AvgIpc) is 2.91. The van der Waals surface area contributed by atoms with Crippen molar-refractivity contribution in [1.82, 2.24) is 0 Å². The Morgan fingerprint density at radius 3 is 2.33 bits per heavy atom. The third kappa shape index (κ3) is 2.74. The van der Waals surface area contributed by atoms with Crippen molar-refractivity contribution in [3.05, 3.63) is 66.2 Å². The molecule has 0 fully saturated rings. The molecule has 0 radical (unpaired) electrons. The van der Waals surface area contributed by atoms with Gasteiger partial charge in [-0.05, 0) is 19.1 Å². The molecule has 1 unspecified atom stereocenters. The molecule has 3 rings (SSSR count). The Kier molecular flexibility index (Phi) is 3.60. The van der Waals surface area contributed by atoms with Crippen LogP contribution in [0.25, 0.3) is 0 Å². The second-order valence-electron chi connectivity index (χ2n) is 4.77. The number of para-hydroxylation sites is 1. The van der Waals surface area contributed by atoms with E-state index in [0.717, 1.165) is 11.3 Å². The predicted octanol–water partition coefficient (Wildman–Crippen LogP) is 3.36. The van der Waals surface area contributed by atoms with Crippen LogP contribution < -0.4 is 0 Å². The maximum absolute atomic E-state index is 12.0. The monoisotopic (exact) mass is 278 g/mol. The van der Waals surface area contributed by atoms with Crippen LogP contribution in [0.15, 0.2) is 70.8 Å². The lowest BCUT2D eigenvalue weighted by Gasteiger charge is -2.09. The summed E-state index contributed by atoms with van der Waals surface area (Å²) in [5, 5.41) is 3.92. The van der Waals surface area contributed by atoms with Crippen LogP contribution in [-0.2, 0) is 9.63 Å². The second-order valence-corrected chi connectivity index (χ2v) is 4.77. The average molecular weight is 278 g/mol. The molecule has 0 amide bonds. The third-order valence-electron chi connectivity index (χ3n) is 3.29. The summed E-state index contributed by atoms with van der Waals surface area (Å²) in [5.41, 5.74) is 2.96. The van der Waals surface area contributed by atoms with Crippen molar-refractivity contribution in [2.24, 2.45) is 16.1 Å². The van der Waals surface area contributed by atoms with Gasteiger partial charge < -0.3 is 4.84 Å². The highest BCUT2D eigenvalue weighted by atomic mass is 16.7. The molecule has 2 aromatic carbocycles. The van der Waals surface area contributed by atoms with Gasteiger partial charge in [0.1, 0.15) is 11.6 Å². The highest BCUT2D eigenvalue weighted by Gasteiger charge is 2.36. The molecular formula is C17H14N2O2. The van der Waals surface area contributed by atoms with Gasteiger partial charge in [0.05, 0.1) is 5.69 Å². The maximum atomic E-state index is 12.0. The van der Waals surface area contributed by atoms with Gasteiger partial charge >= 0.3 is 5.97 Å². The van der Waals surface area contributed by atoms with E-state index < -0.39 is 5.92 Å². The van der Waals surface area contributed by atoms with Gasteiger partial charge in [0.15, 0.2) is 0 Å². The van der Waals surface area contributed by atoms with Gasteiger partial charge in [0.25, 0.3) is 0 Å². The Labute approximate surface area is 122 Å². The molecule has 1 heterocycles. The molecule has 0 bridgehead atoms. The number of nitrogens with zero attached hydrogens (tertiary/aromatic N) is 2. The standard InChI is InChI=1S/C17H14N2O2/c1-12(18-14-10-6-3-7-11-14)15-16(19-21-17(15)20)13-8-4-2-5-9-13/h2-11,15H,1H3. The Morgan fingerprint density at radius 2 is 1.67 bits per heavy atom. The first-order valence-corrected chi connectivity index (χ1v) is 6.70. The molecule has 1 atom stereocenters. The molecule has 2 aromatic rings. The van der Waals surface area contributed by atoms with Crippen LogP contribution in [0.4, 0.5) is 5.69 Å². The number of aliphatic imine (C=N–C) groups is 1. The van der Waals surface area contributed by atoms with E-state index in [9.17, 15) is 4.79 Å². The number of rotatable bonds is 3. The van der Waals surface area contributed by atoms with Gasteiger partial charge in [-0.3, -0.25) is 4.99 Å². The molecule has 0 aliphatic carbocycles. The van der Waals surface area contributed by atoms with E-state index in [0.29, 0.717) is 11.4 Å². The van der Waals surface area contributed by atoms with Crippen molar-refractivity contribution in [2.45, 2.75) is 6.92 Å². The van der Waals surface area contributed by atoms with Crippen LogP contribution in [-0.4, -0.2) is 17.4 Å². The van der Waals surface area contributed by atoms with E-state index in [1.54, 1.807) is 0 Å². The van der Waals surface area contributed by atoms with E-state index in [1.165, 1.54) is 0 Å². The minimum Gasteiger partial charge on any atom is -0.317 e. The van der Waals surface area contributed by atoms with E-state index in [-0.39, 0.29) is 5.97 Å². The van der Waals surface area contributed by atoms with Crippen molar-refractivity contribution in [3.63, 3.8) is 0 Å². The molecule has 4 heteroatoms. The zero-order valence-corrected chi connectivity index (χ0v) is 11.6. The van der Waals surface area contributed by atoms with Crippen LogP contribution in [0.1, 0.15) is 12.5 Å². The summed E-state index contributed by atoms with van der Waals surface area (Å²) in [6.45, 7) is 1.82. The number of carbonyl (C=O) groups is 1. The fraction of sp³-hybridized carbons (Fsp3) is 0.118. The first-order valence-electron chi connectivity index (χ1n) is 6.70. The molecule has 0 saturated heterocycles. The molecule has 0 aromatic heterocycles. The Morgan fingerprint density at radius 1 is 1.05 bits per heavy atom. The van der Waals surface area contributed by atoms with Crippen molar-refractivity contribution < 1.29 is 9.63 Å². The van der Waals surface area contributed by atoms with Gasteiger partial charge in [-0.25, -0.2) is 4.79 Å². The van der Waals surface area contributed by atoms with E-state index >= 15 is 0 Å². The van der Waals surface area contributed by atoms with E-state index in [4.69, 9.17) is 4.84 Å². The zero-order valence-electron chi connectivity index (χ0n) is 11.6. The van der Waals surface area contributed by atoms with Crippen molar-refractivity contribution in [2.75, 3.05) is 0 Å². The second kappa shape index (κ2) is 5.71. The van der Waals surface area contributed by atoms with Gasteiger partial charge in [-0.2, -0.15) is 0 Å².